The van der Waals surface area contributed by atoms with Crippen LogP contribution >= 0.6 is 0 Å². The second kappa shape index (κ2) is 10.1. The van der Waals surface area contributed by atoms with E-state index in [1.54, 1.807) is 6.07 Å². The van der Waals surface area contributed by atoms with Crippen molar-refractivity contribution in [2.45, 2.75) is 84.2 Å². The number of carbonyl (C=O) groups is 1. The maximum Gasteiger partial charge on any atom is 0.407 e. The average molecular weight is 436 g/mol. The monoisotopic (exact) mass is 435 g/mol. The molecule has 6 nitrogen and oxygen atoms in total. The molecular formula is C24H38FN3O3. The van der Waals surface area contributed by atoms with Crippen LogP contribution in [0.1, 0.15) is 60.3 Å². The van der Waals surface area contributed by atoms with Gasteiger partial charge in [-0.25, -0.2) is 9.18 Å². The summed E-state index contributed by atoms with van der Waals surface area (Å²) in [5.74, 6) is 0.251. The van der Waals surface area contributed by atoms with E-state index in [1.165, 1.54) is 0 Å². The Balaban J connectivity index is 1.44. The van der Waals surface area contributed by atoms with Crippen molar-refractivity contribution in [3.05, 3.63) is 24.0 Å². The molecule has 0 unspecified atom stereocenters. The Morgan fingerprint density at radius 2 is 1.81 bits per heavy atom. The van der Waals surface area contributed by atoms with Gasteiger partial charge in [0.15, 0.2) is 0 Å². The lowest BCUT2D eigenvalue weighted by Crippen LogP contribution is -2.45. The Morgan fingerprint density at radius 3 is 2.39 bits per heavy atom. The molecule has 2 N–H and O–H groups in total. The Hall–Kier alpha value is -2.02. The molecule has 1 aliphatic heterocycles. The number of carbonyl (C=O) groups excluding carboxylic acids is 1. The SMILES string of the molecule is C[C@@H]1CN(c2ccc(NCC3CCC(NC(=O)OC(C)(C)C)CC3)c(F)c2)C[C@@H](C)O1. The fraction of sp³-hybridized carbons (Fsp3) is 0.708. The summed E-state index contributed by atoms with van der Waals surface area (Å²) in [5, 5.41) is 6.25. The van der Waals surface area contributed by atoms with E-state index in [9.17, 15) is 9.18 Å². The Labute approximate surface area is 185 Å². The summed E-state index contributed by atoms with van der Waals surface area (Å²) in [7, 11) is 0. The molecule has 2 fully saturated rings. The lowest BCUT2D eigenvalue weighted by Gasteiger charge is -2.37. The molecule has 0 radical (unpaired) electrons. The summed E-state index contributed by atoms with van der Waals surface area (Å²) in [6.07, 6.45) is 3.77. The topological polar surface area (TPSA) is 62.8 Å². The lowest BCUT2D eigenvalue weighted by atomic mass is 9.86. The minimum absolute atomic E-state index is 0.143. The van der Waals surface area contributed by atoms with Crippen LogP contribution in [0.2, 0.25) is 0 Å². The summed E-state index contributed by atoms with van der Waals surface area (Å²) in [4.78, 5) is 14.1. The number of halogens is 1. The molecule has 1 amide bonds. The van der Waals surface area contributed by atoms with Crippen LogP contribution in [-0.2, 0) is 9.47 Å². The second-order valence-electron chi connectivity index (χ2n) is 10.1. The third-order valence-corrected chi connectivity index (χ3v) is 5.89. The number of nitrogens with one attached hydrogen (secondary N) is 2. The Bertz CT molecular complexity index is 734. The first-order valence-corrected chi connectivity index (χ1v) is 11.5. The van der Waals surface area contributed by atoms with Crippen molar-refractivity contribution < 1.29 is 18.7 Å². The predicted molar refractivity (Wildman–Crippen MR) is 122 cm³/mol. The first kappa shape index (κ1) is 23.6. The highest BCUT2D eigenvalue weighted by molar-refractivity contribution is 5.68. The highest BCUT2D eigenvalue weighted by Crippen LogP contribution is 2.28. The standard InChI is InChI=1S/C24H38FN3O3/c1-16-14-28(15-17(2)30-16)20-10-11-22(21(25)12-20)26-13-18-6-8-19(9-7-18)27-23(29)31-24(3,4)5/h10-12,16-19,26H,6-9,13-15H2,1-5H3,(H,27,29)/t16-,17-,18?,19?/m1/s1. The van der Waals surface area contributed by atoms with Gasteiger partial charge in [0.2, 0.25) is 0 Å². The molecule has 7 heteroatoms. The smallest absolute Gasteiger partial charge is 0.407 e. The maximum absolute atomic E-state index is 14.7. The number of rotatable bonds is 5. The molecule has 1 aromatic rings. The van der Waals surface area contributed by atoms with E-state index < -0.39 is 5.60 Å². The van der Waals surface area contributed by atoms with Crippen molar-refractivity contribution >= 4 is 17.5 Å². The number of alkyl carbamates (subject to hydrolysis) is 1. The zero-order chi connectivity index (χ0) is 22.6. The van der Waals surface area contributed by atoms with Crippen LogP contribution in [0.4, 0.5) is 20.6 Å². The van der Waals surface area contributed by atoms with Gasteiger partial charge in [0, 0.05) is 31.4 Å². The van der Waals surface area contributed by atoms with Crippen molar-refractivity contribution in [2.24, 2.45) is 5.92 Å². The van der Waals surface area contributed by atoms with Crippen molar-refractivity contribution in [1.82, 2.24) is 5.32 Å². The van der Waals surface area contributed by atoms with Gasteiger partial charge in [0.1, 0.15) is 11.4 Å². The van der Waals surface area contributed by atoms with Crippen LogP contribution in [0, 0.1) is 11.7 Å². The largest absolute Gasteiger partial charge is 0.444 e. The van der Waals surface area contributed by atoms with E-state index in [1.807, 2.05) is 46.8 Å². The molecule has 1 aromatic carbocycles. The summed E-state index contributed by atoms with van der Waals surface area (Å²) >= 11 is 0. The number of ether oxygens (including phenoxy) is 2. The van der Waals surface area contributed by atoms with E-state index in [-0.39, 0.29) is 30.2 Å². The van der Waals surface area contributed by atoms with Crippen molar-refractivity contribution in [1.29, 1.82) is 0 Å². The molecule has 31 heavy (non-hydrogen) atoms. The minimum Gasteiger partial charge on any atom is -0.444 e. The number of morpholine rings is 1. The van der Waals surface area contributed by atoms with Crippen molar-refractivity contribution in [3.8, 4) is 0 Å². The number of amides is 1. The Kier molecular flexibility index (Phi) is 7.68. The molecule has 3 rings (SSSR count). The first-order valence-electron chi connectivity index (χ1n) is 11.5. The van der Waals surface area contributed by atoms with E-state index in [0.717, 1.165) is 51.0 Å². The third-order valence-electron chi connectivity index (χ3n) is 5.89. The fourth-order valence-electron chi connectivity index (χ4n) is 4.47. The zero-order valence-electron chi connectivity index (χ0n) is 19.5. The number of nitrogens with zero attached hydrogens (tertiary/aromatic N) is 1. The molecule has 2 atom stereocenters. The van der Waals surface area contributed by atoms with Gasteiger partial charge in [-0.15, -0.1) is 0 Å². The van der Waals surface area contributed by atoms with Crippen LogP contribution in [0.15, 0.2) is 18.2 Å². The van der Waals surface area contributed by atoms with Gasteiger partial charge in [0.05, 0.1) is 17.9 Å². The molecule has 1 saturated heterocycles. The molecule has 1 saturated carbocycles. The Morgan fingerprint density at radius 1 is 1.16 bits per heavy atom. The van der Waals surface area contributed by atoms with E-state index in [4.69, 9.17) is 9.47 Å². The van der Waals surface area contributed by atoms with E-state index in [0.29, 0.717) is 11.6 Å². The van der Waals surface area contributed by atoms with Gasteiger partial charge in [-0.3, -0.25) is 0 Å². The van der Waals surface area contributed by atoms with Gasteiger partial charge in [-0.1, -0.05) is 0 Å². The van der Waals surface area contributed by atoms with Crippen LogP contribution in [0.25, 0.3) is 0 Å². The number of anilines is 2. The van der Waals surface area contributed by atoms with Gasteiger partial charge in [-0.05, 0) is 84.4 Å². The molecule has 0 bridgehead atoms. The molecule has 0 aromatic heterocycles. The lowest BCUT2D eigenvalue weighted by molar-refractivity contribution is -0.00523. The van der Waals surface area contributed by atoms with E-state index in [2.05, 4.69) is 15.5 Å². The summed E-state index contributed by atoms with van der Waals surface area (Å²) in [5.41, 5.74) is 0.967. The van der Waals surface area contributed by atoms with Crippen LogP contribution in [0.5, 0.6) is 0 Å². The average Bonchev–Trinajstić information content (AvgIpc) is 2.66. The quantitative estimate of drug-likeness (QED) is 0.686. The summed E-state index contributed by atoms with van der Waals surface area (Å²) in [6, 6.07) is 5.60. The predicted octanol–water partition coefficient (Wildman–Crippen LogP) is 4.93. The van der Waals surface area contributed by atoms with Crippen LogP contribution in [0.3, 0.4) is 0 Å². The highest BCUT2D eigenvalue weighted by Gasteiger charge is 2.25. The van der Waals surface area contributed by atoms with Crippen molar-refractivity contribution in [3.63, 3.8) is 0 Å². The molecule has 2 aliphatic rings. The first-order chi connectivity index (χ1) is 14.6. The number of hydrogen-bond acceptors (Lipinski definition) is 5. The molecule has 174 valence electrons. The number of hydrogen-bond donors (Lipinski definition) is 2. The van der Waals surface area contributed by atoms with Gasteiger partial charge in [-0.2, -0.15) is 0 Å². The van der Waals surface area contributed by atoms with Gasteiger partial charge in [0.25, 0.3) is 0 Å². The minimum atomic E-state index is -0.483. The molecule has 0 spiro atoms. The van der Waals surface area contributed by atoms with Gasteiger partial charge < -0.3 is 25.0 Å². The van der Waals surface area contributed by atoms with E-state index >= 15 is 0 Å². The van der Waals surface area contributed by atoms with Crippen LogP contribution < -0.4 is 15.5 Å². The number of benzene rings is 1. The molecular weight excluding hydrogens is 397 g/mol. The normalized spacial score (nSPS) is 27.0. The second-order valence-corrected chi connectivity index (χ2v) is 10.1. The zero-order valence-corrected chi connectivity index (χ0v) is 19.5. The third kappa shape index (κ3) is 7.27. The highest BCUT2D eigenvalue weighted by atomic mass is 19.1. The van der Waals surface area contributed by atoms with Crippen molar-refractivity contribution in [2.75, 3.05) is 29.9 Å². The molecule has 1 heterocycles. The summed E-state index contributed by atoms with van der Waals surface area (Å²) < 4.78 is 25.8. The fourth-order valence-corrected chi connectivity index (χ4v) is 4.47. The van der Waals surface area contributed by atoms with Crippen LogP contribution in [-0.4, -0.2) is 49.6 Å². The summed E-state index contributed by atoms with van der Waals surface area (Å²) in [6.45, 7) is 12.0. The van der Waals surface area contributed by atoms with Gasteiger partial charge >= 0.3 is 6.09 Å². The maximum atomic E-state index is 14.7. The molecule has 1 aliphatic carbocycles.